The Kier molecular flexibility index (Phi) is 7.08. The van der Waals surface area contributed by atoms with Crippen LogP contribution in [0.3, 0.4) is 0 Å². The molecule has 118 valence electrons. The molecule has 4 nitrogen and oxygen atoms in total. The van der Waals surface area contributed by atoms with E-state index in [4.69, 9.17) is 0 Å². The fourth-order valence-corrected chi connectivity index (χ4v) is 2.01. The van der Waals surface area contributed by atoms with Crippen LogP contribution in [0.25, 0.3) is 0 Å². The lowest BCUT2D eigenvalue weighted by molar-refractivity contribution is -0.129. The zero-order chi connectivity index (χ0) is 15.8. The Labute approximate surface area is 124 Å². The Morgan fingerprint density at radius 2 is 2.00 bits per heavy atom. The maximum atomic E-state index is 12.2. The minimum atomic E-state index is -2.84. The summed E-state index contributed by atoms with van der Waals surface area (Å²) >= 11 is 0. The summed E-state index contributed by atoms with van der Waals surface area (Å²) in [6.07, 6.45) is 0. The lowest BCUT2D eigenvalue weighted by atomic mass is 10.1. The van der Waals surface area contributed by atoms with Crippen molar-refractivity contribution in [2.24, 2.45) is 0 Å². The molecule has 0 radical (unpaired) electrons. The van der Waals surface area contributed by atoms with Gasteiger partial charge in [0.1, 0.15) is 5.75 Å². The third-order valence-electron chi connectivity index (χ3n) is 3.26. The largest absolute Gasteiger partial charge is 0.435 e. The molecule has 1 aromatic rings. The molecule has 1 unspecified atom stereocenters. The number of likely N-dealkylation sites (N-methyl/N-ethyl adjacent to an activating group) is 1. The number of rotatable bonds is 8. The van der Waals surface area contributed by atoms with E-state index >= 15 is 0 Å². The fraction of sp³-hybridized carbons (Fsp3) is 0.533. The molecule has 0 bridgehead atoms. The van der Waals surface area contributed by atoms with Crippen LogP contribution in [-0.2, 0) is 4.79 Å². The van der Waals surface area contributed by atoms with Crippen molar-refractivity contribution in [1.29, 1.82) is 0 Å². The lowest BCUT2D eigenvalue weighted by Gasteiger charge is -2.21. The molecule has 1 rings (SSSR count). The highest BCUT2D eigenvalue weighted by Gasteiger charge is 2.13. The zero-order valence-corrected chi connectivity index (χ0v) is 12.6. The van der Waals surface area contributed by atoms with E-state index in [1.807, 2.05) is 20.8 Å². The average molecular weight is 300 g/mol. The molecule has 1 amide bonds. The second-order valence-corrected chi connectivity index (χ2v) is 4.62. The number of hydrogen-bond donors (Lipinski definition) is 1. The van der Waals surface area contributed by atoms with Crippen molar-refractivity contribution in [3.8, 4) is 5.75 Å². The van der Waals surface area contributed by atoms with Crippen molar-refractivity contribution in [2.45, 2.75) is 33.4 Å². The Balaban J connectivity index is 2.59. The van der Waals surface area contributed by atoms with Gasteiger partial charge in [-0.05, 0) is 38.5 Å². The molecule has 0 aliphatic rings. The van der Waals surface area contributed by atoms with Crippen molar-refractivity contribution in [3.63, 3.8) is 0 Å². The second kappa shape index (κ2) is 8.56. The maximum absolute atomic E-state index is 12.2. The van der Waals surface area contributed by atoms with E-state index < -0.39 is 6.61 Å². The first-order valence-electron chi connectivity index (χ1n) is 7.03. The second-order valence-electron chi connectivity index (χ2n) is 4.62. The van der Waals surface area contributed by atoms with Gasteiger partial charge in [-0.15, -0.1) is 0 Å². The Morgan fingerprint density at radius 3 is 2.57 bits per heavy atom. The maximum Gasteiger partial charge on any atom is 0.387 e. The zero-order valence-electron chi connectivity index (χ0n) is 12.6. The summed E-state index contributed by atoms with van der Waals surface area (Å²) in [6, 6.07) is 6.34. The summed E-state index contributed by atoms with van der Waals surface area (Å²) in [5.74, 6) is 0.137. The molecule has 0 heterocycles. The van der Waals surface area contributed by atoms with Crippen LogP contribution >= 0.6 is 0 Å². The van der Waals surface area contributed by atoms with E-state index in [0.29, 0.717) is 13.1 Å². The SMILES string of the molecule is CCN(CC)C(=O)CNC(C)c1cccc(OC(F)F)c1. The summed E-state index contributed by atoms with van der Waals surface area (Å²) in [5.41, 5.74) is 0.792. The van der Waals surface area contributed by atoms with Gasteiger partial charge in [-0.1, -0.05) is 12.1 Å². The number of amides is 1. The number of halogens is 2. The first-order valence-corrected chi connectivity index (χ1v) is 7.03. The number of nitrogens with zero attached hydrogens (tertiary/aromatic N) is 1. The van der Waals surface area contributed by atoms with Crippen molar-refractivity contribution in [1.82, 2.24) is 10.2 Å². The van der Waals surface area contributed by atoms with Crippen molar-refractivity contribution in [2.75, 3.05) is 19.6 Å². The van der Waals surface area contributed by atoms with Crippen LogP contribution in [0.1, 0.15) is 32.4 Å². The van der Waals surface area contributed by atoms with Gasteiger partial charge in [0.2, 0.25) is 5.91 Å². The summed E-state index contributed by atoms with van der Waals surface area (Å²) in [6.45, 7) is 4.44. The molecule has 0 fully saturated rings. The van der Waals surface area contributed by atoms with Crippen LogP contribution in [-0.4, -0.2) is 37.1 Å². The van der Waals surface area contributed by atoms with E-state index in [1.54, 1.807) is 23.1 Å². The Morgan fingerprint density at radius 1 is 1.33 bits per heavy atom. The summed E-state index contributed by atoms with van der Waals surface area (Å²) < 4.78 is 28.7. The van der Waals surface area contributed by atoms with E-state index in [9.17, 15) is 13.6 Å². The lowest BCUT2D eigenvalue weighted by Crippen LogP contribution is -2.38. The molecule has 1 atom stereocenters. The standard InChI is InChI=1S/C15H22F2N2O2/c1-4-19(5-2)14(20)10-18-11(3)12-7-6-8-13(9-12)21-15(16)17/h6-9,11,15,18H,4-5,10H2,1-3H3. The molecular weight excluding hydrogens is 278 g/mol. The topological polar surface area (TPSA) is 41.6 Å². The Bertz CT molecular complexity index is 451. The van der Waals surface area contributed by atoms with E-state index in [1.165, 1.54) is 6.07 Å². The molecule has 0 aromatic heterocycles. The number of nitrogens with one attached hydrogen (secondary N) is 1. The number of carbonyl (C=O) groups excluding carboxylic acids is 1. The third-order valence-corrected chi connectivity index (χ3v) is 3.26. The normalized spacial score (nSPS) is 12.3. The van der Waals surface area contributed by atoms with Crippen molar-refractivity contribution >= 4 is 5.91 Å². The number of ether oxygens (including phenoxy) is 1. The smallest absolute Gasteiger partial charge is 0.387 e. The van der Waals surface area contributed by atoms with E-state index in [0.717, 1.165) is 5.56 Å². The summed E-state index contributed by atoms with van der Waals surface area (Å²) in [5, 5.41) is 3.09. The predicted molar refractivity (Wildman–Crippen MR) is 77.4 cm³/mol. The first-order chi connectivity index (χ1) is 9.97. The highest BCUT2D eigenvalue weighted by atomic mass is 19.3. The highest BCUT2D eigenvalue weighted by molar-refractivity contribution is 5.78. The van der Waals surface area contributed by atoms with Crippen LogP contribution < -0.4 is 10.1 Å². The van der Waals surface area contributed by atoms with Crippen LogP contribution in [0, 0.1) is 0 Å². The molecule has 1 aromatic carbocycles. The molecule has 0 saturated carbocycles. The highest BCUT2D eigenvalue weighted by Crippen LogP contribution is 2.20. The summed E-state index contributed by atoms with van der Waals surface area (Å²) in [4.78, 5) is 13.6. The third kappa shape index (κ3) is 5.67. The number of hydrogen-bond acceptors (Lipinski definition) is 3. The molecular formula is C15H22F2N2O2. The van der Waals surface area contributed by atoms with Gasteiger partial charge in [-0.3, -0.25) is 4.79 Å². The van der Waals surface area contributed by atoms with Crippen molar-refractivity contribution in [3.05, 3.63) is 29.8 Å². The average Bonchev–Trinajstić information content (AvgIpc) is 2.45. The molecule has 0 saturated heterocycles. The van der Waals surface area contributed by atoms with Gasteiger partial charge < -0.3 is 15.0 Å². The monoisotopic (exact) mass is 300 g/mol. The quantitative estimate of drug-likeness (QED) is 0.802. The van der Waals surface area contributed by atoms with Crippen LogP contribution in [0.15, 0.2) is 24.3 Å². The van der Waals surface area contributed by atoms with E-state index in [2.05, 4.69) is 10.1 Å². The number of benzene rings is 1. The predicted octanol–water partition coefficient (Wildman–Crippen LogP) is 2.81. The molecule has 0 aliphatic heterocycles. The molecule has 0 aliphatic carbocycles. The van der Waals surface area contributed by atoms with Gasteiger partial charge in [-0.25, -0.2) is 0 Å². The van der Waals surface area contributed by atoms with Crippen LogP contribution in [0.2, 0.25) is 0 Å². The van der Waals surface area contributed by atoms with Crippen molar-refractivity contribution < 1.29 is 18.3 Å². The molecule has 6 heteroatoms. The van der Waals surface area contributed by atoms with Crippen LogP contribution in [0.5, 0.6) is 5.75 Å². The molecule has 21 heavy (non-hydrogen) atoms. The van der Waals surface area contributed by atoms with Gasteiger partial charge in [-0.2, -0.15) is 8.78 Å². The van der Waals surface area contributed by atoms with Gasteiger partial charge in [0, 0.05) is 19.1 Å². The number of alkyl halides is 2. The molecule has 1 N–H and O–H groups in total. The minimum absolute atomic E-state index is 0.0202. The van der Waals surface area contributed by atoms with Gasteiger partial charge >= 0.3 is 6.61 Å². The minimum Gasteiger partial charge on any atom is -0.435 e. The fourth-order valence-electron chi connectivity index (χ4n) is 2.01. The summed E-state index contributed by atoms with van der Waals surface area (Å²) in [7, 11) is 0. The van der Waals surface area contributed by atoms with Crippen LogP contribution in [0.4, 0.5) is 8.78 Å². The van der Waals surface area contributed by atoms with Gasteiger partial charge in [0.15, 0.2) is 0 Å². The Hall–Kier alpha value is -1.69. The first kappa shape index (κ1) is 17.4. The van der Waals surface area contributed by atoms with Gasteiger partial charge in [0.05, 0.1) is 6.54 Å². The molecule has 0 spiro atoms. The van der Waals surface area contributed by atoms with E-state index in [-0.39, 0.29) is 24.2 Å². The number of carbonyl (C=O) groups is 1. The van der Waals surface area contributed by atoms with Gasteiger partial charge in [0.25, 0.3) is 0 Å².